The summed E-state index contributed by atoms with van der Waals surface area (Å²) in [4.78, 5) is 11.6. The van der Waals surface area contributed by atoms with Gasteiger partial charge >= 0.3 is 0 Å². The van der Waals surface area contributed by atoms with E-state index in [0.29, 0.717) is 12.1 Å². The monoisotopic (exact) mass is 348 g/mol. The highest BCUT2D eigenvalue weighted by Crippen LogP contribution is 2.24. The maximum atomic E-state index is 11.6. The molecule has 2 N–H and O–H groups in total. The smallest absolute Gasteiger partial charge is 0.251 e. The van der Waals surface area contributed by atoms with Crippen molar-refractivity contribution in [2.45, 2.75) is 6.54 Å². The van der Waals surface area contributed by atoms with Gasteiger partial charge in [-0.1, -0.05) is 22.0 Å². The van der Waals surface area contributed by atoms with Gasteiger partial charge in [-0.25, -0.2) is 0 Å². The number of anilines is 1. The predicted octanol–water partition coefficient (Wildman–Crippen LogP) is 3.43. The van der Waals surface area contributed by atoms with Crippen molar-refractivity contribution >= 4 is 27.5 Å². The van der Waals surface area contributed by atoms with Crippen LogP contribution >= 0.6 is 15.9 Å². The molecule has 0 radical (unpaired) electrons. The molecule has 2 rings (SSSR count). The minimum atomic E-state index is -0.0984. The van der Waals surface area contributed by atoms with Crippen LogP contribution in [0.3, 0.4) is 0 Å². The van der Waals surface area contributed by atoms with Crippen molar-refractivity contribution in [3.05, 3.63) is 58.1 Å². The molecular weight excluding hydrogens is 332 g/mol. The Hall–Kier alpha value is -2.01. The number of benzene rings is 2. The maximum absolute atomic E-state index is 11.6. The Morgan fingerprint density at radius 2 is 2.05 bits per heavy atom. The molecule has 1 amide bonds. The van der Waals surface area contributed by atoms with E-state index in [0.717, 1.165) is 21.5 Å². The number of carbonyl (C=O) groups excluding carboxylic acids is 1. The van der Waals surface area contributed by atoms with Crippen molar-refractivity contribution in [3.63, 3.8) is 0 Å². The van der Waals surface area contributed by atoms with Crippen molar-refractivity contribution in [2.75, 3.05) is 19.5 Å². The van der Waals surface area contributed by atoms with Crippen LogP contribution in [-0.4, -0.2) is 20.1 Å². The average Bonchev–Trinajstić information content (AvgIpc) is 2.52. The Morgan fingerprint density at radius 1 is 1.24 bits per heavy atom. The molecule has 0 aromatic heterocycles. The lowest BCUT2D eigenvalue weighted by Gasteiger charge is -2.12. The third kappa shape index (κ3) is 3.98. The maximum Gasteiger partial charge on any atom is 0.251 e. The van der Waals surface area contributed by atoms with Crippen LogP contribution < -0.4 is 15.4 Å². The first kappa shape index (κ1) is 15.4. The number of rotatable bonds is 5. The number of amides is 1. The van der Waals surface area contributed by atoms with Crippen LogP contribution in [-0.2, 0) is 6.54 Å². The van der Waals surface area contributed by atoms with E-state index in [9.17, 15) is 4.79 Å². The summed E-state index contributed by atoms with van der Waals surface area (Å²) < 4.78 is 6.34. The molecule has 0 saturated heterocycles. The summed E-state index contributed by atoms with van der Waals surface area (Å²) in [5.74, 6) is 0.729. The van der Waals surface area contributed by atoms with Gasteiger partial charge in [0.1, 0.15) is 5.75 Å². The number of halogens is 1. The van der Waals surface area contributed by atoms with E-state index in [-0.39, 0.29) is 5.91 Å². The highest BCUT2D eigenvalue weighted by atomic mass is 79.9. The van der Waals surface area contributed by atoms with Gasteiger partial charge in [0.25, 0.3) is 5.91 Å². The molecule has 0 aliphatic carbocycles. The quantitative estimate of drug-likeness (QED) is 0.870. The molecule has 2 aromatic rings. The third-order valence-corrected chi connectivity index (χ3v) is 3.57. The normalized spacial score (nSPS) is 10.0. The van der Waals surface area contributed by atoms with Crippen LogP contribution in [0.15, 0.2) is 46.9 Å². The fourth-order valence-corrected chi connectivity index (χ4v) is 2.41. The average molecular weight is 349 g/mol. The van der Waals surface area contributed by atoms with E-state index in [1.165, 1.54) is 0 Å². The number of hydrogen-bond donors (Lipinski definition) is 2. The zero-order valence-electron chi connectivity index (χ0n) is 11.9. The molecule has 0 atom stereocenters. The fourth-order valence-electron chi connectivity index (χ4n) is 2.00. The highest BCUT2D eigenvalue weighted by molar-refractivity contribution is 9.10. The number of ether oxygens (including phenoxy) is 1. The van der Waals surface area contributed by atoms with Crippen molar-refractivity contribution in [3.8, 4) is 5.75 Å². The molecular formula is C16H17BrN2O2. The first-order valence-corrected chi connectivity index (χ1v) is 7.31. The number of methoxy groups -OCH3 is 1. The van der Waals surface area contributed by atoms with Gasteiger partial charge in [-0.3, -0.25) is 4.79 Å². The van der Waals surface area contributed by atoms with E-state index in [1.54, 1.807) is 20.2 Å². The largest absolute Gasteiger partial charge is 0.496 e. The zero-order valence-corrected chi connectivity index (χ0v) is 13.5. The summed E-state index contributed by atoms with van der Waals surface area (Å²) in [7, 11) is 3.27. The summed E-state index contributed by atoms with van der Waals surface area (Å²) in [6, 6.07) is 13.2. The second-order valence-electron chi connectivity index (χ2n) is 4.47. The lowest BCUT2D eigenvalue weighted by molar-refractivity contribution is 0.0963. The van der Waals surface area contributed by atoms with E-state index in [2.05, 4.69) is 26.6 Å². The summed E-state index contributed by atoms with van der Waals surface area (Å²) in [5, 5.41) is 5.92. The molecule has 0 heterocycles. The van der Waals surface area contributed by atoms with Crippen molar-refractivity contribution in [1.82, 2.24) is 5.32 Å². The third-order valence-electron chi connectivity index (χ3n) is 3.08. The van der Waals surface area contributed by atoms with Gasteiger partial charge in [0.2, 0.25) is 0 Å². The molecule has 21 heavy (non-hydrogen) atoms. The van der Waals surface area contributed by atoms with Gasteiger partial charge in [0, 0.05) is 34.9 Å². The lowest BCUT2D eigenvalue weighted by Crippen LogP contribution is -2.17. The predicted molar refractivity (Wildman–Crippen MR) is 87.9 cm³/mol. The molecule has 2 aromatic carbocycles. The Bertz CT molecular complexity index is 644. The Morgan fingerprint density at radius 3 is 2.76 bits per heavy atom. The van der Waals surface area contributed by atoms with E-state index < -0.39 is 0 Å². The van der Waals surface area contributed by atoms with Crippen LogP contribution in [0.2, 0.25) is 0 Å². The summed E-state index contributed by atoms with van der Waals surface area (Å²) in [6.45, 7) is 0.611. The van der Waals surface area contributed by atoms with Crippen LogP contribution in [0, 0.1) is 0 Å². The number of carbonyl (C=O) groups is 1. The number of hydrogen-bond acceptors (Lipinski definition) is 3. The molecule has 110 valence electrons. The van der Waals surface area contributed by atoms with Crippen LogP contribution in [0.25, 0.3) is 0 Å². The summed E-state index contributed by atoms with van der Waals surface area (Å²) in [6.07, 6.45) is 0. The molecule has 0 bridgehead atoms. The van der Waals surface area contributed by atoms with E-state index in [1.807, 2.05) is 36.4 Å². The zero-order chi connectivity index (χ0) is 15.2. The summed E-state index contributed by atoms with van der Waals surface area (Å²) in [5.41, 5.74) is 2.55. The first-order chi connectivity index (χ1) is 10.1. The van der Waals surface area contributed by atoms with E-state index >= 15 is 0 Å². The van der Waals surface area contributed by atoms with Crippen molar-refractivity contribution < 1.29 is 9.53 Å². The van der Waals surface area contributed by atoms with Crippen molar-refractivity contribution in [1.29, 1.82) is 0 Å². The lowest BCUT2D eigenvalue weighted by atomic mass is 10.1. The van der Waals surface area contributed by atoms with Gasteiger partial charge < -0.3 is 15.4 Å². The van der Waals surface area contributed by atoms with E-state index in [4.69, 9.17) is 4.74 Å². The minimum Gasteiger partial charge on any atom is -0.496 e. The van der Waals surface area contributed by atoms with Crippen molar-refractivity contribution in [2.24, 2.45) is 0 Å². The molecule has 0 aliphatic rings. The van der Waals surface area contributed by atoms with Gasteiger partial charge in [-0.05, 0) is 36.4 Å². The van der Waals surface area contributed by atoms with Gasteiger partial charge in [-0.15, -0.1) is 0 Å². The van der Waals surface area contributed by atoms with Crippen LogP contribution in [0.4, 0.5) is 5.69 Å². The molecule has 0 aliphatic heterocycles. The Balaban J connectivity index is 2.13. The number of nitrogens with one attached hydrogen (secondary N) is 2. The van der Waals surface area contributed by atoms with Gasteiger partial charge in [-0.2, -0.15) is 0 Å². The Labute approximate surface area is 132 Å². The SMILES string of the molecule is CNC(=O)c1cccc(NCc2cc(Br)ccc2OC)c1. The Kier molecular flexibility index (Phi) is 5.22. The highest BCUT2D eigenvalue weighted by Gasteiger charge is 2.06. The molecule has 5 heteroatoms. The molecule has 4 nitrogen and oxygen atoms in total. The summed E-state index contributed by atoms with van der Waals surface area (Å²) >= 11 is 3.46. The first-order valence-electron chi connectivity index (χ1n) is 6.52. The minimum absolute atomic E-state index is 0.0984. The second-order valence-corrected chi connectivity index (χ2v) is 5.39. The molecule has 0 saturated carbocycles. The van der Waals surface area contributed by atoms with Gasteiger partial charge in [0.15, 0.2) is 0 Å². The van der Waals surface area contributed by atoms with Gasteiger partial charge in [0.05, 0.1) is 7.11 Å². The van der Waals surface area contributed by atoms with Crippen LogP contribution in [0.1, 0.15) is 15.9 Å². The topological polar surface area (TPSA) is 50.4 Å². The second kappa shape index (κ2) is 7.13. The molecule has 0 unspecified atom stereocenters. The molecule has 0 spiro atoms. The standard InChI is InChI=1S/C16H17BrN2O2/c1-18-16(20)11-4-3-5-14(9-11)19-10-12-8-13(17)6-7-15(12)21-2/h3-9,19H,10H2,1-2H3,(H,18,20). The fraction of sp³-hybridized carbons (Fsp3) is 0.188. The van der Waals surface area contributed by atoms with Crippen LogP contribution in [0.5, 0.6) is 5.75 Å². The molecule has 0 fully saturated rings.